The van der Waals surface area contributed by atoms with Crippen LogP contribution in [0.25, 0.3) is 0 Å². The number of carbonyl (C=O) groups is 1. The van der Waals surface area contributed by atoms with E-state index in [-0.39, 0.29) is 5.97 Å². The minimum Gasteiger partial charge on any atom is -0.465 e. The van der Waals surface area contributed by atoms with Crippen molar-refractivity contribution in [3.05, 3.63) is 21.4 Å². The first kappa shape index (κ1) is 11.2. The van der Waals surface area contributed by atoms with E-state index in [1.807, 2.05) is 6.07 Å². The maximum Gasteiger partial charge on any atom is 0.348 e. The van der Waals surface area contributed by atoms with Gasteiger partial charge in [0.05, 0.1) is 7.11 Å². The molecular weight excluding hydrogens is 196 g/mol. The van der Waals surface area contributed by atoms with Crippen LogP contribution in [0.4, 0.5) is 0 Å². The Morgan fingerprint density at radius 2 is 2.21 bits per heavy atom. The molecule has 0 atom stereocenters. The molecule has 1 aromatic heterocycles. The van der Waals surface area contributed by atoms with E-state index in [9.17, 15) is 4.79 Å². The average Bonchev–Trinajstić information content (AvgIpc) is 2.46. The number of methoxy groups -OCH3 is 1. The van der Waals surface area contributed by atoms with Crippen LogP contribution in [0.15, 0.2) is 6.07 Å². The van der Waals surface area contributed by atoms with Gasteiger partial charge in [0.15, 0.2) is 0 Å². The van der Waals surface area contributed by atoms with Crippen molar-refractivity contribution in [1.82, 2.24) is 0 Å². The van der Waals surface area contributed by atoms with Crippen LogP contribution in [0.2, 0.25) is 0 Å². The van der Waals surface area contributed by atoms with E-state index in [1.54, 1.807) is 0 Å². The summed E-state index contributed by atoms with van der Waals surface area (Å²) in [6, 6.07) is 1.95. The summed E-state index contributed by atoms with van der Waals surface area (Å²) < 4.78 is 4.68. The first-order valence-electron chi connectivity index (χ1n) is 4.72. The molecule has 78 valence electrons. The zero-order valence-electron chi connectivity index (χ0n) is 9.09. The molecule has 1 rings (SSSR count). The highest BCUT2D eigenvalue weighted by molar-refractivity contribution is 7.14. The number of carbonyl (C=O) groups excluding carboxylic acids is 1. The second kappa shape index (κ2) is 4.60. The van der Waals surface area contributed by atoms with Gasteiger partial charge in [-0.1, -0.05) is 13.8 Å². The van der Waals surface area contributed by atoms with Gasteiger partial charge in [-0.15, -0.1) is 11.3 Å². The molecule has 2 nitrogen and oxygen atoms in total. The topological polar surface area (TPSA) is 26.3 Å². The second-order valence-corrected chi connectivity index (χ2v) is 5.04. The summed E-state index contributed by atoms with van der Waals surface area (Å²) in [5.74, 6) is 0.391. The third-order valence-electron chi connectivity index (χ3n) is 2.04. The van der Waals surface area contributed by atoms with Crippen molar-refractivity contribution in [3.63, 3.8) is 0 Å². The fourth-order valence-corrected chi connectivity index (χ4v) is 2.33. The highest BCUT2D eigenvalue weighted by Gasteiger charge is 2.12. The second-order valence-electron chi connectivity index (χ2n) is 3.78. The summed E-state index contributed by atoms with van der Waals surface area (Å²) in [5, 5.41) is 0. The van der Waals surface area contributed by atoms with Gasteiger partial charge in [-0.25, -0.2) is 4.79 Å². The molecule has 0 aliphatic heterocycles. The highest BCUT2D eigenvalue weighted by Crippen LogP contribution is 2.24. The minimum atomic E-state index is -0.229. The zero-order chi connectivity index (χ0) is 10.7. The molecule has 0 aromatic carbocycles. The van der Waals surface area contributed by atoms with Crippen LogP contribution in [0.1, 0.15) is 34.0 Å². The van der Waals surface area contributed by atoms with E-state index in [0.29, 0.717) is 10.8 Å². The smallest absolute Gasteiger partial charge is 0.348 e. The lowest BCUT2D eigenvalue weighted by molar-refractivity contribution is 0.0606. The number of hydrogen-bond donors (Lipinski definition) is 0. The number of esters is 1. The molecule has 0 amide bonds. The Labute approximate surface area is 88.9 Å². The molecule has 0 spiro atoms. The normalized spacial score (nSPS) is 10.6. The molecule has 14 heavy (non-hydrogen) atoms. The molecule has 0 aliphatic carbocycles. The van der Waals surface area contributed by atoms with Gasteiger partial charge in [0.1, 0.15) is 4.88 Å². The van der Waals surface area contributed by atoms with Crippen molar-refractivity contribution in [2.75, 3.05) is 7.11 Å². The number of hydrogen-bond acceptors (Lipinski definition) is 3. The number of thiophene rings is 1. The Morgan fingerprint density at radius 3 is 2.71 bits per heavy atom. The molecule has 1 aromatic rings. The molecule has 1 heterocycles. The van der Waals surface area contributed by atoms with Crippen LogP contribution in [0.5, 0.6) is 0 Å². The van der Waals surface area contributed by atoms with Gasteiger partial charge in [0, 0.05) is 4.88 Å². The summed E-state index contributed by atoms with van der Waals surface area (Å²) in [6.45, 7) is 6.40. The van der Waals surface area contributed by atoms with Crippen LogP contribution < -0.4 is 0 Å². The number of rotatable bonds is 3. The molecule has 0 saturated heterocycles. The SMILES string of the molecule is COC(=O)c1cc(CC(C)C)c(C)s1. The quantitative estimate of drug-likeness (QED) is 0.720. The Bertz CT molecular complexity index is 326. The van der Waals surface area contributed by atoms with Crippen molar-refractivity contribution in [3.8, 4) is 0 Å². The van der Waals surface area contributed by atoms with Gasteiger partial charge in [-0.3, -0.25) is 0 Å². The molecule has 0 fully saturated rings. The van der Waals surface area contributed by atoms with E-state index in [2.05, 4.69) is 25.5 Å². The van der Waals surface area contributed by atoms with Crippen molar-refractivity contribution >= 4 is 17.3 Å². The standard InChI is InChI=1S/C11H16O2S/c1-7(2)5-9-6-10(11(12)13-4)14-8(9)3/h6-7H,5H2,1-4H3. The fraction of sp³-hybridized carbons (Fsp3) is 0.545. The molecule has 0 aliphatic rings. The predicted octanol–water partition coefficient (Wildman–Crippen LogP) is 3.04. The van der Waals surface area contributed by atoms with Crippen molar-refractivity contribution in [1.29, 1.82) is 0 Å². The lowest BCUT2D eigenvalue weighted by Crippen LogP contribution is -1.98. The van der Waals surface area contributed by atoms with E-state index in [1.165, 1.54) is 28.9 Å². The minimum absolute atomic E-state index is 0.229. The summed E-state index contributed by atoms with van der Waals surface area (Å²) in [4.78, 5) is 13.2. The Balaban J connectivity index is 2.87. The van der Waals surface area contributed by atoms with Crippen molar-refractivity contribution in [2.24, 2.45) is 5.92 Å². The van der Waals surface area contributed by atoms with Crippen LogP contribution in [-0.2, 0) is 11.2 Å². The largest absolute Gasteiger partial charge is 0.465 e. The molecule has 0 bridgehead atoms. The van der Waals surface area contributed by atoms with Gasteiger partial charge in [0.2, 0.25) is 0 Å². The predicted molar refractivity (Wildman–Crippen MR) is 58.9 cm³/mol. The zero-order valence-corrected chi connectivity index (χ0v) is 9.90. The molecule has 0 radical (unpaired) electrons. The Hall–Kier alpha value is -0.830. The fourth-order valence-electron chi connectivity index (χ4n) is 1.36. The molecule has 0 unspecified atom stereocenters. The van der Waals surface area contributed by atoms with Gasteiger partial charge in [-0.05, 0) is 30.9 Å². The molecule has 3 heteroatoms. The van der Waals surface area contributed by atoms with Crippen molar-refractivity contribution in [2.45, 2.75) is 27.2 Å². The number of aryl methyl sites for hydroxylation is 1. The van der Waals surface area contributed by atoms with Gasteiger partial charge < -0.3 is 4.74 Å². The monoisotopic (exact) mass is 212 g/mol. The summed E-state index contributed by atoms with van der Waals surface area (Å²) in [5.41, 5.74) is 1.27. The van der Waals surface area contributed by atoms with Crippen molar-refractivity contribution < 1.29 is 9.53 Å². The Morgan fingerprint density at radius 1 is 1.57 bits per heavy atom. The summed E-state index contributed by atoms with van der Waals surface area (Å²) in [6.07, 6.45) is 1.03. The summed E-state index contributed by atoms with van der Waals surface area (Å²) in [7, 11) is 1.42. The van der Waals surface area contributed by atoms with Crippen LogP contribution >= 0.6 is 11.3 Å². The van der Waals surface area contributed by atoms with E-state index in [4.69, 9.17) is 0 Å². The Kier molecular flexibility index (Phi) is 3.69. The van der Waals surface area contributed by atoms with Gasteiger partial charge in [-0.2, -0.15) is 0 Å². The van der Waals surface area contributed by atoms with E-state index in [0.717, 1.165) is 6.42 Å². The third kappa shape index (κ3) is 2.58. The number of ether oxygens (including phenoxy) is 1. The van der Waals surface area contributed by atoms with Gasteiger partial charge >= 0.3 is 5.97 Å². The first-order chi connectivity index (χ1) is 6.54. The van der Waals surface area contributed by atoms with Crippen LogP contribution in [0.3, 0.4) is 0 Å². The van der Waals surface area contributed by atoms with Crippen LogP contribution in [0, 0.1) is 12.8 Å². The third-order valence-corrected chi connectivity index (χ3v) is 3.11. The van der Waals surface area contributed by atoms with Gasteiger partial charge in [0.25, 0.3) is 0 Å². The molecule has 0 saturated carbocycles. The maximum absolute atomic E-state index is 11.3. The van der Waals surface area contributed by atoms with E-state index < -0.39 is 0 Å². The van der Waals surface area contributed by atoms with E-state index >= 15 is 0 Å². The summed E-state index contributed by atoms with van der Waals surface area (Å²) >= 11 is 1.51. The maximum atomic E-state index is 11.3. The molecular formula is C11H16O2S. The lowest BCUT2D eigenvalue weighted by Gasteiger charge is -2.02. The average molecular weight is 212 g/mol. The van der Waals surface area contributed by atoms with Crippen LogP contribution in [-0.4, -0.2) is 13.1 Å². The molecule has 0 N–H and O–H groups in total. The first-order valence-corrected chi connectivity index (χ1v) is 5.54. The highest BCUT2D eigenvalue weighted by atomic mass is 32.1. The lowest BCUT2D eigenvalue weighted by atomic mass is 10.0.